The average Bonchev–Trinajstić information content (AvgIpc) is 2.53. The fourth-order valence-electron chi connectivity index (χ4n) is 1.29. The van der Waals surface area contributed by atoms with Gasteiger partial charge in [-0.15, -0.1) is 0 Å². The molecule has 0 amide bonds. The van der Waals surface area contributed by atoms with Crippen LogP contribution in [-0.2, 0) is 7.05 Å². The van der Waals surface area contributed by atoms with E-state index >= 15 is 0 Å². The van der Waals surface area contributed by atoms with E-state index in [2.05, 4.69) is 5.10 Å². The average molecular weight is 247 g/mol. The maximum Gasteiger partial charge on any atom is 0.161 e. The molecule has 0 atom stereocenters. The summed E-state index contributed by atoms with van der Waals surface area (Å²) < 4.78 is 40.3. The summed E-state index contributed by atoms with van der Waals surface area (Å²) in [4.78, 5) is 0. The third-order valence-corrected chi connectivity index (χ3v) is 2.46. The van der Waals surface area contributed by atoms with E-state index in [0.29, 0.717) is 6.07 Å². The summed E-state index contributed by atoms with van der Waals surface area (Å²) in [6.07, 6.45) is 0. The van der Waals surface area contributed by atoms with Crippen molar-refractivity contribution < 1.29 is 13.2 Å². The largest absolute Gasteiger partial charge is 0.256 e. The van der Waals surface area contributed by atoms with Crippen molar-refractivity contribution in [3.63, 3.8) is 0 Å². The van der Waals surface area contributed by atoms with Gasteiger partial charge in [0.2, 0.25) is 0 Å². The van der Waals surface area contributed by atoms with Gasteiger partial charge in [-0.3, -0.25) is 4.68 Å². The number of rotatable bonds is 1. The Hall–Kier alpha value is -1.49. The van der Waals surface area contributed by atoms with Gasteiger partial charge in [0.1, 0.15) is 11.0 Å². The third-order valence-electron chi connectivity index (χ3n) is 2.11. The zero-order valence-corrected chi connectivity index (χ0v) is 8.89. The molecule has 0 bridgehead atoms. The smallest absolute Gasteiger partial charge is 0.161 e. The van der Waals surface area contributed by atoms with Crippen LogP contribution in [0.5, 0.6) is 0 Å². The Morgan fingerprint density at radius 1 is 1.06 bits per heavy atom. The Bertz CT molecular complexity index is 532. The van der Waals surface area contributed by atoms with Crippen LogP contribution in [0.15, 0.2) is 18.2 Å². The van der Waals surface area contributed by atoms with Crippen LogP contribution in [-0.4, -0.2) is 9.78 Å². The van der Waals surface area contributed by atoms with Crippen LogP contribution < -0.4 is 0 Å². The minimum atomic E-state index is -1.23. The first-order valence-electron chi connectivity index (χ1n) is 4.33. The summed E-state index contributed by atoms with van der Waals surface area (Å²) in [5.74, 6) is -3.24. The molecule has 84 valence electrons. The minimum absolute atomic E-state index is 0.124. The minimum Gasteiger partial charge on any atom is -0.256 e. The van der Waals surface area contributed by atoms with Crippen LogP contribution in [0.2, 0.25) is 5.15 Å². The summed E-state index contributed by atoms with van der Waals surface area (Å²) in [6, 6.07) is 2.61. The predicted octanol–water partition coefficient (Wildman–Crippen LogP) is 3.16. The van der Waals surface area contributed by atoms with Gasteiger partial charge >= 0.3 is 0 Å². The lowest BCUT2D eigenvalue weighted by atomic mass is 10.1. The van der Waals surface area contributed by atoms with Gasteiger partial charge in [0, 0.05) is 24.7 Å². The number of aromatic nitrogens is 2. The molecule has 1 heterocycles. The maximum atomic E-state index is 13.4. The molecular weight excluding hydrogens is 241 g/mol. The molecule has 0 N–H and O–H groups in total. The highest BCUT2D eigenvalue weighted by atomic mass is 35.5. The van der Waals surface area contributed by atoms with E-state index in [9.17, 15) is 13.2 Å². The first-order valence-corrected chi connectivity index (χ1v) is 4.71. The molecule has 0 saturated carbocycles. The summed E-state index contributed by atoms with van der Waals surface area (Å²) in [6.45, 7) is 0. The zero-order chi connectivity index (χ0) is 11.9. The molecule has 0 saturated heterocycles. The number of benzene rings is 1. The lowest BCUT2D eigenvalue weighted by molar-refractivity contribution is 0.496. The molecule has 2 aromatic rings. The molecule has 0 aliphatic carbocycles. The van der Waals surface area contributed by atoms with Gasteiger partial charge < -0.3 is 0 Å². The van der Waals surface area contributed by atoms with E-state index in [-0.39, 0.29) is 16.4 Å². The van der Waals surface area contributed by atoms with Crippen molar-refractivity contribution in [2.45, 2.75) is 0 Å². The van der Waals surface area contributed by atoms with Crippen LogP contribution in [0.4, 0.5) is 13.2 Å². The first-order chi connectivity index (χ1) is 7.49. The highest BCUT2D eigenvalue weighted by molar-refractivity contribution is 6.29. The summed E-state index contributed by atoms with van der Waals surface area (Å²) >= 11 is 5.71. The van der Waals surface area contributed by atoms with Gasteiger partial charge in [-0.25, -0.2) is 13.2 Å². The van der Waals surface area contributed by atoms with E-state index < -0.39 is 17.5 Å². The SMILES string of the molecule is Cn1nc(-c2cc(F)c(F)cc2F)cc1Cl. The van der Waals surface area contributed by atoms with E-state index in [0.717, 1.165) is 6.07 Å². The van der Waals surface area contributed by atoms with Crippen molar-refractivity contribution >= 4 is 11.6 Å². The van der Waals surface area contributed by atoms with Gasteiger partial charge in [-0.2, -0.15) is 5.10 Å². The Morgan fingerprint density at radius 3 is 2.25 bits per heavy atom. The number of nitrogens with zero attached hydrogens (tertiary/aromatic N) is 2. The van der Waals surface area contributed by atoms with Crippen LogP contribution >= 0.6 is 11.6 Å². The second-order valence-electron chi connectivity index (χ2n) is 3.22. The molecule has 0 spiro atoms. The van der Waals surface area contributed by atoms with Crippen LogP contribution in [0, 0.1) is 17.5 Å². The first kappa shape index (κ1) is 11.0. The Morgan fingerprint density at radius 2 is 1.69 bits per heavy atom. The van der Waals surface area contributed by atoms with Crippen molar-refractivity contribution in [3.8, 4) is 11.3 Å². The maximum absolute atomic E-state index is 13.4. The van der Waals surface area contributed by atoms with Gasteiger partial charge in [0.25, 0.3) is 0 Å². The number of hydrogen-bond donors (Lipinski definition) is 0. The van der Waals surface area contributed by atoms with E-state index in [1.165, 1.54) is 10.7 Å². The van der Waals surface area contributed by atoms with Gasteiger partial charge in [-0.05, 0) is 6.07 Å². The summed E-state index contributed by atoms with van der Waals surface area (Å²) in [5.41, 5.74) is 0.0327. The molecule has 6 heteroatoms. The van der Waals surface area contributed by atoms with Crippen LogP contribution in [0.1, 0.15) is 0 Å². The standard InChI is InChI=1S/C10H6ClF3N2/c1-16-10(11)4-9(15-16)5-2-7(13)8(14)3-6(5)12/h2-4H,1H3. The second kappa shape index (κ2) is 3.83. The number of halogens is 4. The molecule has 1 aromatic carbocycles. The zero-order valence-electron chi connectivity index (χ0n) is 8.14. The van der Waals surface area contributed by atoms with Crippen molar-refractivity contribution in [1.82, 2.24) is 9.78 Å². The highest BCUT2D eigenvalue weighted by Crippen LogP contribution is 2.25. The van der Waals surface area contributed by atoms with Gasteiger partial charge in [0.05, 0.1) is 5.69 Å². The normalized spacial score (nSPS) is 10.8. The van der Waals surface area contributed by atoms with Crippen LogP contribution in [0.3, 0.4) is 0 Å². The van der Waals surface area contributed by atoms with Gasteiger partial charge in [0.15, 0.2) is 11.6 Å². The Labute approximate surface area is 94.3 Å². The lowest BCUT2D eigenvalue weighted by Gasteiger charge is -2.00. The van der Waals surface area contributed by atoms with E-state index in [1.807, 2.05) is 0 Å². The fourth-order valence-corrected chi connectivity index (χ4v) is 1.44. The van der Waals surface area contributed by atoms with E-state index in [1.54, 1.807) is 7.05 Å². The van der Waals surface area contributed by atoms with E-state index in [4.69, 9.17) is 11.6 Å². The topological polar surface area (TPSA) is 17.8 Å². The molecule has 0 aliphatic rings. The summed E-state index contributed by atoms with van der Waals surface area (Å²) in [5, 5.41) is 4.14. The molecule has 0 unspecified atom stereocenters. The lowest BCUT2D eigenvalue weighted by Crippen LogP contribution is -1.93. The Kier molecular flexibility index (Phi) is 2.63. The summed E-state index contributed by atoms with van der Waals surface area (Å²) in [7, 11) is 1.56. The molecular formula is C10H6ClF3N2. The van der Waals surface area contributed by atoms with Gasteiger partial charge in [-0.1, -0.05) is 11.6 Å². The molecule has 2 nitrogen and oxygen atoms in total. The Balaban J connectivity index is 2.60. The molecule has 2 rings (SSSR count). The molecule has 16 heavy (non-hydrogen) atoms. The third kappa shape index (κ3) is 1.78. The van der Waals surface area contributed by atoms with Crippen molar-refractivity contribution in [2.24, 2.45) is 7.05 Å². The monoisotopic (exact) mass is 246 g/mol. The highest BCUT2D eigenvalue weighted by Gasteiger charge is 2.14. The predicted molar refractivity (Wildman–Crippen MR) is 53.5 cm³/mol. The second-order valence-corrected chi connectivity index (χ2v) is 3.61. The fraction of sp³-hybridized carbons (Fsp3) is 0.100. The quantitative estimate of drug-likeness (QED) is 0.707. The number of aryl methyl sites for hydroxylation is 1. The molecule has 0 aliphatic heterocycles. The van der Waals surface area contributed by atoms with Crippen molar-refractivity contribution in [3.05, 3.63) is 40.8 Å². The molecule has 0 fully saturated rings. The number of hydrogen-bond acceptors (Lipinski definition) is 1. The van der Waals surface area contributed by atoms with Crippen molar-refractivity contribution in [2.75, 3.05) is 0 Å². The van der Waals surface area contributed by atoms with Crippen molar-refractivity contribution in [1.29, 1.82) is 0 Å². The molecule has 1 aromatic heterocycles. The molecule has 0 radical (unpaired) electrons. The van der Waals surface area contributed by atoms with Crippen LogP contribution in [0.25, 0.3) is 11.3 Å².